The Hall–Kier alpha value is -1.63. The summed E-state index contributed by atoms with van der Waals surface area (Å²) in [7, 11) is 1.80. The van der Waals surface area contributed by atoms with Gasteiger partial charge in [0.2, 0.25) is 5.95 Å². The summed E-state index contributed by atoms with van der Waals surface area (Å²) in [5.74, 6) is 3.31. The van der Waals surface area contributed by atoms with Gasteiger partial charge in [0.1, 0.15) is 11.6 Å². The van der Waals surface area contributed by atoms with Crippen molar-refractivity contribution >= 4 is 34.9 Å². The third-order valence-corrected chi connectivity index (χ3v) is 5.54. The molecule has 1 aromatic rings. The van der Waals surface area contributed by atoms with Gasteiger partial charge in [0.15, 0.2) is 5.11 Å². The van der Waals surface area contributed by atoms with Crippen molar-refractivity contribution in [2.24, 2.45) is 5.92 Å². The van der Waals surface area contributed by atoms with Crippen LogP contribution in [0.5, 0.6) is 0 Å². The first-order chi connectivity index (χ1) is 12.1. The third kappa shape index (κ3) is 4.51. The van der Waals surface area contributed by atoms with Crippen molar-refractivity contribution in [1.29, 1.82) is 0 Å². The Morgan fingerprint density at radius 2 is 1.92 bits per heavy atom. The van der Waals surface area contributed by atoms with Gasteiger partial charge in [-0.1, -0.05) is 6.92 Å². The van der Waals surface area contributed by atoms with Crippen LogP contribution in [0.4, 0.5) is 17.6 Å². The van der Waals surface area contributed by atoms with Crippen LogP contribution < -0.4 is 20.4 Å². The van der Waals surface area contributed by atoms with E-state index in [9.17, 15) is 0 Å². The molecule has 25 heavy (non-hydrogen) atoms. The molecule has 2 aliphatic heterocycles. The molecule has 3 heterocycles. The van der Waals surface area contributed by atoms with Crippen LogP contribution in [0.15, 0.2) is 6.07 Å². The van der Waals surface area contributed by atoms with Gasteiger partial charge in [0.05, 0.1) is 0 Å². The highest BCUT2D eigenvalue weighted by Gasteiger charge is 2.24. The minimum absolute atomic E-state index is 0.515. The number of nitrogens with one attached hydrogen (secondary N) is 2. The lowest BCUT2D eigenvalue weighted by Gasteiger charge is -2.36. The largest absolute Gasteiger partial charge is 0.365 e. The third-order valence-electron chi connectivity index (χ3n) is 5.23. The average molecular weight is 363 g/mol. The summed E-state index contributed by atoms with van der Waals surface area (Å²) in [6, 6.07) is 2.67. The highest BCUT2D eigenvalue weighted by Crippen LogP contribution is 2.29. The monoisotopic (exact) mass is 362 g/mol. The molecule has 7 heteroatoms. The van der Waals surface area contributed by atoms with Crippen molar-refractivity contribution in [3.8, 4) is 0 Å². The lowest BCUT2D eigenvalue weighted by atomic mass is 10.0. The van der Waals surface area contributed by atoms with E-state index in [1.165, 1.54) is 32.1 Å². The van der Waals surface area contributed by atoms with Gasteiger partial charge in [-0.3, -0.25) is 0 Å². The zero-order valence-electron chi connectivity index (χ0n) is 15.6. The van der Waals surface area contributed by atoms with Gasteiger partial charge in [-0.25, -0.2) is 0 Å². The van der Waals surface area contributed by atoms with Crippen molar-refractivity contribution in [2.75, 3.05) is 41.8 Å². The van der Waals surface area contributed by atoms with Gasteiger partial charge in [0, 0.05) is 38.8 Å². The van der Waals surface area contributed by atoms with Gasteiger partial charge < -0.3 is 20.4 Å². The molecule has 2 aliphatic rings. The molecule has 0 saturated carbocycles. The molecule has 0 unspecified atom stereocenters. The number of piperidine rings is 2. The molecule has 6 nitrogen and oxygen atoms in total. The summed E-state index contributed by atoms with van der Waals surface area (Å²) in [5.41, 5.74) is 0. The van der Waals surface area contributed by atoms with Crippen molar-refractivity contribution < 1.29 is 0 Å². The van der Waals surface area contributed by atoms with Crippen molar-refractivity contribution in [3.63, 3.8) is 0 Å². The van der Waals surface area contributed by atoms with Crippen molar-refractivity contribution in [1.82, 2.24) is 15.3 Å². The van der Waals surface area contributed by atoms with Gasteiger partial charge in [-0.15, -0.1) is 0 Å². The summed E-state index contributed by atoms with van der Waals surface area (Å²) >= 11 is 5.25. The van der Waals surface area contributed by atoms with E-state index < -0.39 is 0 Å². The van der Waals surface area contributed by atoms with Crippen molar-refractivity contribution in [2.45, 2.75) is 52.0 Å². The Morgan fingerprint density at radius 1 is 1.12 bits per heavy atom. The average Bonchev–Trinajstić information content (AvgIpc) is 2.61. The van der Waals surface area contributed by atoms with Gasteiger partial charge in [-0.2, -0.15) is 9.97 Å². The molecule has 3 rings (SSSR count). The first kappa shape index (κ1) is 18.2. The second-order valence-electron chi connectivity index (χ2n) is 7.34. The van der Waals surface area contributed by atoms with Crippen LogP contribution in [0.1, 0.15) is 46.0 Å². The number of hydrogen-bond acceptors (Lipinski definition) is 5. The predicted octanol–water partition coefficient (Wildman–Crippen LogP) is 3.01. The first-order valence-electron chi connectivity index (χ1n) is 9.46. The quantitative estimate of drug-likeness (QED) is 0.802. The molecule has 0 bridgehead atoms. The topological polar surface area (TPSA) is 56.3 Å². The summed E-state index contributed by atoms with van der Waals surface area (Å²) < 4.78 is 0. The van der Waals surface area contributed by atoms with Crippen LogP contribution in [0.2, 0.25) is 0 Å². The van der Waals surface area contributed by atoms with Gasteiger partial charge in [-0.05, 0) is 57.2 Å². The van der Waals surface area contributed by atoms with Crippen LogP contribution in [-0.4, -0.2) is 47.8 Å². The molecular weight excluding hydrogens is 332 g/mol. The molecule has 1 aromatic heterocycles. The predicted molar refractivity (Wildman–Crippen MR) is 109 cm³/mol. The molecular formula is C18H30N6S. The Balaban J connectivity index is 1.91. The highest BCUT2D eigenvalue weighted by molar-refractivity contribution is 7.80. The maximum absolute atomic E-state index is 5.25. The van der Waals surface area contributed by atoms with E-state index in [1.807, 2.05) is 0 Å². The molecule has 2 atom stereocenters. The Morgan fingerprint density at radius 3 is 2.64 bits per heavy atom. The van der Waals surface area contributed by atoms with Crippen LogP contribution in [0.25, 0.3) is 0 Å². The molecule has 2 saturated heterocycles. The number of nitrogens with zero attached hydrogens (tertiary/aromatic N) is 4. The molecule has 0 aliphatic carbocycles. The van der Waals surface area contributed by atoms with Crippen LogP contribution in [0, 0.1) is 5.92 Å². The SMILES string of the molecule is CNC(=S)Nc1nc(N2CCC[C@H](C)C2)cc(N2CCCC[C@@H]2C)n1. The fourth-order valence-corrected chi connectivity index (χ4v) is 3.88. The Labute approximate surface area is 156 Å². The van der Waals surface area contributed by atoms with E-state index in [-0.39, 0.29) is 0 Å². The number of aromatic nitrogens is 2. The van der Waals surface area contributed by atoms with E-state index in [0.717, 1.165) is 31.3 Å². The van der Waals surface area contributed by atoms with Gasteiger partial charge in [0.25, 0.3) is 0 Å². The number of hydrogen-bond donors (Lipinski definition) is 2. The summed E-state index contributed by atoms with van der Waals surface area (Å²) in [5, 5.41) is 6.61. The molecule has 0 spiro atoms. The van der Waals surface area contributed by atoms with E-state index in [0.29, 0.717) is 23.0 Å². The molecule has 138 valence electrons. The minimum Gasteiger partial charge on any atom is -0.365 e. The molecule has 2 N–H and O–H groups in total. The second kappa shape index (κ2) is 8.17. The van der Waals surface area contributed by atoms with E-state index in [4.69, 9.17) is 22.2 Å². The van der Waals surface area contributed by atoms with E-state index in [2.05, 4.69) is 40.3 Å². The lowest BCUT2D eigenvalue weighted by Crippen LogP contribution is -2.39. The minimum atomic E-state index is 0.515. The van der Waals surface area contributed by atoms with Crippen LogP contribution in [-0.2, 0) is 0 Å². The number of rotatable bonds is 3. The lowest BCUT2D eigenvalue weighted by molar-refractivity contribution is 0.444. The summed E-state index contributed by atoms with van der Waals surface area (Å²) in [6.45, 7) is 7.78. The first-order valence-corrected chi connectivity index (χ1v) is 9.87. The summed E-state index contributed by atoms with van der Waals surface area (Å²) in [6.07, 6.45) is 6.26. The Bertz CT molecular complexity index is 607. The molecule has 0 radical (unpaired) electrons. The standard InChI is InChI=1S/C18H30N6S/c1-13-7-6-9-23(12-13)15-11-16(24-10-5-4-8-14(24)2)21-17(20-15)22-18(25)19-3/h11,13-14H,4-10,12H2,1-3H3,(H2,19,20,21,22,25)/t13-,14-/m0/s1. The fourth-order valence-electron chi connectivity index (χ4n) is 3.79. The fraction of sp³-hybridized carbons (Fsp3) is 0.722. The highest BCUT2D eigenvalue weighted by atomic mass is 32.1. The maximum Gasteiger partial charge on any atom is 0.232 e. The molecule has 0 aromatic carbocycles. The van der Waals surface area contributed by atoms with E-state index >= 15 is 0 Å². The van der Waals surface area contributed by atoms with Crippen LogP contribution in [0.3, 0.4) is 0 Å². The number of anilines is 3. The Kier molecular flexibility index (Phi) is 5.93. The second-order valence-corrected chi connectivity index (χ2v) is 7.75. The molecule has 0 amide bonds. The maximum atomic E-state index is 5.25. The van der Waals surface area contributed by atoms with E-state index in [1.54, 1.807) is 7.05 Å². The number of thiocarbonyl (C=S) groups is 1. The summed E-state index contributed by atoms with van der Waals surface area (Å²) in [4.78, 5) is 14.3. The van der Waals surface area contributed by atoms with Crippen LogP contribution >= 0.6 is 12.2 Å². The van der Waals surface area contributed by atoms with Crippen molar-refractivity contribution in [3.05, 3.63) is 6.07 Å². The molecule has 2 fully saturated rings. The normalized spacial score (nSPS) is 24.1. The van der Waals surface area contributed by atoms with Gasteiger partial charge >= 0.3 is 0 Å². The smallest absolute Gasteiger partial charge is 0.232 e. The zero-order valence-corrected chi connectivity index (χ0v) is 16.4. The zero-order chi connectivity index (χ0) is 17.8.